The maximum absolute atomic E-state index is 3.20. The van der Waals surface area contributed by atoms with Gasteiger partial charge < -0.3 is 4.98 Å². The Morgan fingerprint density at radius 1 is 1.36 bits per heavy atom. The minimum Gasteiger partial charge on any atom is -0.361 e. The van der Waals surface area contributed by atoms with E-state index in [1.807, 2.05) is 13.2 Å². The summed E-state index contributed by atoms with van der Waals surface area (Å²) in [5, 5.41) is 1.30. The van der Waals surface area contributed by atoms with Crippen LogP contribution in [0.15, 0.2) is 30.5 Å². The van der Waals surface area contributed by atoms with Crippen LogP contribution in [0.1, 0.15) is 5.56 Å². The molecule has 0 aliphatic rings. The zero-order valence-corrected chi connectivity index (χ0v) is 9.03. The Labute approximate surface area is 88.2 Å². The van der Waals surface area contributed by atoms with E-state index in [0.29, 0.717) is 0 Å². The molecule has 2 nitrogen and oxygen atoms in total. The molecule has 2 aromatic rings. The Morgan fingerprint density at radius 3 is 3.14 bits per heavy atom. The lowest BCUT2D eigenvalue weighted by molar-refractivity contribution is 1.15. The predicted molar refractivity (Wildman–Crippen MR) is 63.5 cm³/mol. The highest BCUT2D eigenvalue weighted by molar-refractivity contribution is 7.97. The summed E-state index contributed by atoms with van der Waals surface area (Å²) >= 11 is 1.75. The number of benzene rings is 1. The van der Waals surface area contributed by atoms with Crippen molar-refractivity contribution in [3.05, 3.63) is 36.0 Å². The zero-order valence-electron chi connectivity index (χ0n) is 8.21. The summed E-state index contributed by atoms with van der Waals surface area (Å²) < 4.78 is 3.08. The molecule has 0 saturated carbocycles. The van der Waals surface area contributed by atoms with Gasteiger partial charge in [-0.1, -0.05) is 18.0 Å². The Bertz CT molecular complexity index is 408. The van der Waals surface area contributed by atoms with E-state index in [-0.39, 0.29) is 0 Å². The molecule has 1 aromatic heterocycles. The first-order valence-electron chi connectivity index (χ1n) is 4.75. The maximum atomic E-state index is 3.20. The molecule has 0 aliphatic heterocycles. The standard InChI is InChI=1S/C11H14N2S/c1-12-14-7-5-9-2-3-11-10(8-9)4-6-13-11/h2-4,6,8,12-13H,5,7H2,1H3. The number of rotatable bonds is 4. The Hall–Kier alpha value is -0.930. The maximum Gasteiger partial charge on any atom is 0.0454 e. The lowest BCUT2D eigenvalue weighted by Gasteiger charge is -2.00. The lowest BCUT2D eigenvalue weighted by Crippen LogP contribution is -1.96. The highest BCUT2D eigenvalue weighted by Crippen LogP contribution is 2.15. The summed E-state index contributed by atoms with van der Waals surface area (Å²) in [5.74, 6) is 1.12. The van der Waals surface area contributed by atoms with Crippen LogP contribution in [0, 0.1) is 0 Å². The molecular weight excluding hydrogens is 192 g/mol. The van der Waals surface area contributed by atoms with E-state index >= 15 is 0 Å². The van der Waals surface area contributed by atoms with Crippen molar-refractivity contribution >= 4 is 22.9 Å². The number of aryl methyl sites for hydroxylation is 1. The van der Waals surface area contributed by atoms with Crippen LogP contribution in [-0.4, -0.2) is 17.8 Å². The van der Waals surface area contributed by atoms with E-state index in [0.717, 1.165) is 12.2 Å². The van der Waals surface area contributed by atoms with Crippen LogP contribution >= 0.6 is 11.9 Å². The summed E-state index contributed by atoms with van der Waals surface area (Å²) in [4.78, 5) is 3.20. The molecule has 0 bridgehead atoms. The van der Waals surface area contributed by atoms with E-state index in [2.05, 4.69) is 34.0 Å². The minimum atomic E-state index is 1.12. The van der Waals surface area contributed by atoms with Crippen molar-refractivity contribution in [2.75, 3.05) is 12.8 Å². The van der Waals surface area contributed by atoms with Gasteiger partial charge in [-0.25, -0.2) is 0 Å². The number of H-pyrrole nitrogens is 1. The number of aromatic nitrogens is 1. The van der Waals surface area contributed by atoms with Crippen molar-refractivity contribution in [2.24, 2.45) is 0 Å². The highest BCUT2D eigenvalue weighted by atomic mass is 32.2. The highest BCUT2D eigenvalue weighted by Gasteiger charge is 1.96. The molecule has 74 valence electrons. The number of aromatic amines is 1. The molecular formula is C11H14N2S. The second-order valence-corrected chi connectivity index (χ2v) is 4.31. The molecule has 14 heavy (non-hydrogen) atoms. The topological polar surface area (TPSA) is 27.8 Å². The Morgan fingerprint density at radius 2 is 2.29 bits per heavy atom. The van der Waals surface area contributed by atoms with Gasteiger partial charge in [0.1, 0.15) is 0 Å². The van der Waals surface area contributed by atoms with Crippen molar-refractivity contribution in [2.45, 2.75) is 6.42 Å². The first-order valence-corrected chi connectivity index (χ1v) is 5.73. The van der Waals surface area contributed by atoms with Gasteiger partial charge in [0.2, 0.25) is 0 Å². The van der Waals surface area contributed by atoms with Crippen molar-refractivity contribution in [3.8, 4) is 0 Å². The van der Waals surface area contributed by atoms with Crippen LogP contribution in [0.5, 0.6) is 0 Å². The lowest BCUT2D eigenvalue weighted by atomic mass is 10.1. The Kier molecular flexibility index (Phi) is 3.11. The van der Waals surface area contributed by atoms with Crippen molar-refractivity contribution in [1.29, 1.82) is 0 Å². The Balaban J connectivity index is 2.10. The SMILES string of the molecule is CNSCCc1ccc2[nH]ccc2c1. The molecule has 0 atom stereocenters. The van der Waals surface area contributed by atoms with E-state index < -0.39 is 0 Å². The molecule has 2 N–H and O–H groups in total. The average molecular weight is 206 g/mol. The second-order valence-electron chi connectivity index (χ2n) is 3.20. The summed E-state index contributed by atoms with van der Waals surface area (Å²) in [6.07, 6.45) is 3.10. The molecule has 0 aliphatic carbocycles. The van der Waals surface area contributed by atoms with Crippen LogP contribution in [0.3, 0.4) is 0 Å². The van der Waals surface area contributed by atoms with Gasteiger partial charge >= 0.3 is 0 Å². The van der Waals surface area contributed by atoms with Crippen molar-refractivity contribution in [3.63, 3.8) is 0 Å². The van der Waals surface area contributed by atoms with Gasteiger partial charge in [0.25, 0.3) is 0 Å². The number of hydrogen-bond donors (Lipinski definition) is 2. The molecule has 3 heteroatoms. The van der Waals surface area contributed by atoms with Gasteiger partial charge in [-0.3, -0.25) is 4.72 Å². The van der Waals surface area contributed by atoms with Gasteiger partial charge in [0, 0.05) is 17.5 Å². The van der Waals surface area contributed by atoms with Crippen LogP contribution in [0.2, 0.25) is 0 Å². The molecule has 1 aromatic carbocycles. The average Bonchev–Trinajstić information content (AvgIpc) is 2.65. The molecule has 0 amide bonds. The van der Waals surface area contributed by atoms with Gasteiger partial charge in [-0.15, -0.1) is 0 Å². The van der Waals surface area contributed by atoms with Crippen molar-refractivity contribution in [1.82, 2.24) is 9.71 Å². The monoisotopic (exact) mass is 206 g/mol. The van der Waals surface area contributed by atoms with E-state index in [1.165, 1.54) is 16.5 Å². The van der Waals surface area contributed by atoms with Crippen LogP contribution in [0.25, 0.3) is 10.9 Å². The predicted octanol–water partition coefficient (Wildman–Crippen LogP) is 2.58. The smallest absolute Gasteiger partial charge is 0.0454 e. The summed E-state index contributed by atoms with van der Waals surface area (Å²) in [5.41, 5.74) is 2.62. The third-order valence-corrected chi connectivity index (χ3v) is 2.95. The summed E-state index contributed by atoms with van der Waals surface area (Å²) in [6, 6.07) is 8.70. The molecule has 0 saturated heterocycles. The zero-order chi connectivity index (χ0) is 9.80. The third kappa shape index (κ3) is 2.11. The molecule has 0 radical (unpaired) electrons. The largest absolute Gasteiger partial charge is 0.361 e. The van der Waals surface area contributed by atoms with Crippen LogP contribution in [-0.2, 0) is 6.42 Å². The normalized spacial score (nSPS) is 10.9. The van der Waals surface area contributed by atoms with E-state index in [4.69, 9.17) is 0 Å². The molecule has 0 spiro atoms. The number of fused-ring (bicyclic) bond motifs is 1. The van der Waals surface area contributed by atoms with Gasteiger partial charge in [-0.2, -0.15) is 0 Å². The minimum absolute atomic E-state index is 1.12. The second kappa shape index (κ2) is 4.53. The number of hydrogen-bond acceptors (Lipinski definition) is 2. The molecule has 1 heterocycles. The fourth-order valence-electron chi connectivity index (χ4n) is 1.53. The molecule has 2 rings (SSSR count). The van der Waals surface area contributed by atoms with Gasteiger partial charge in [-0.05, 0) is 42.6 Å². The molecule has 0 unspecified atom stereocenters. The fraction of sp³-hybridized carbons (Fsp3) is 0.273. The van der Waals surface area contributed by atoms with Gasteiger partial charge in [0.05, 0.1) is 0 Å². The summed E-state index contributed by atoms with van der Waals surface area (Å²) in [6.45, 7) is 0. The van der Waals surface area contributed by atoms with Gasteiger partial charge in [0.15, 0.2) is 0 Å². The number of nitrogens with one attached hydrogen (secondary N) is 2. The van der Waals surface area contributed by atoms with Crippen LogP contribution in [0.4, 0.5) is 0 Å². The van der Waals surface area contributed by atoms with E-state index in [9.17, 15) is 0 Å². The summed E-state index contributed by atoms with van der Waals surface area (Å²) in [7, 11) is 1.96. The fourth-order valence-corrected chi connectivity index (χ4v) is 2.07. The van der Waals surface area contributed by atoms with Crippen molar-refractivity contribution < 1.29 is 0 Å². The quantitative estimate of drug-likeness (QED) is 0.594. The van der Waals surface area contributed by atoms with Crippen LogP contribution < -0.4 is 4.72 Å². The van der Waals surface area contributed by atoms with E-state index in [1.54, 1.807) is 11.9 Å². The first kappa shape index (κ1) is 9.62. The first-order chi connectivity index (χ1) is 6.90. The third-order valence-electron chi connectivity index (χ3n) is 2.25. The molecule has 0 fully saturated rings.